The summed E-state index contributed by atoms with van der Waals surface area (Å²) in [6.45, 7) is 0.941. The van der Waals surface area contributed by atoms with Gasteiger partial charge < -0.3 is 4.90 Å². The summed E-state index contributed by atoms with van der Waals surface area (Å²) in [4.78, 5) is 1.96. The minimum absolute atomic E-state index is 0.0949. The molecule has 11 heavy (non-hydrogen) atoms. The van der Waals surface area contributed by atoms with Crippen LogP contribution in [0, 0.1) is 5.82 Å². The number of anilines is 1. The molecular weight excluding hydrogens is 141 g/mol. The number of hydrogen-bond acceptors (Lipinski definition) is 1. The standard InChI is InChI=1S/C9H10FN/c1-11-6-5-7-3-2-4-8(10)9(7)11/h2-4H,5-6H2,1H3. The first-order valence-electron chi connectivity index (χ1n) is 3.77. The lowest BCUT2D eigenvalue weighted by Crippen LogP contribution is -2.13. The molecule has 58 valence electrons. The lowest BCUT2D eigenvalue weighted by molar-refractivity contribution is 0.626. The van der Waals surface area contributed by atoms with Crippen molar-refractivity contribution in [1.29, 1.82) is 0 Å². The van der Waals surface area contributed by atoms with Crippen LogP contribution >= 0.6 is 0 Å². The Morgan fingerprint density at radius 2 is 2.27 bits per heavy atom. The molecule has 0 fully saturated rings. The highest BCUT2D eigenvalue weighted by Crippen LogP contribution is 2.28. The fourth-order valence-corrected chi connectivity index (χ4v) is 1.59. The Hall–Kier alpha value is -1.05. The van der Waals surface area contributed by atoms with Gasteiger partial charge in [0.05, 0.1) is 5.69 Å². The van der Waals surface area contributed by atoms with Crippen molar-refractivity contribution in [3.63, 3.8) is 0 Å². The van der Waals surface area contributed by atoms with Gasteiger partial charge in [-0.1, -0.05) is 12.1 Å². The van der Waals surface area contributed by atoms with Crippen molar-refractivity contribution in [2.24, 2.45) is 0 Å². The Kier molecular flexibility index (Phi) is 1.34. The van der Waals surface area contributed by atoms with Crippen molar-refractivity contribution < 1.29 is 4.39 Å². The van der Waals surface area contributed by atoms with E-state index < -0.39 is 0 Å². The predicted octanol–water partition coefficient (Wildman–Crippen LogP) is 1.82. The number of halogens is 1. The zero-order valence-electron chi connectivity index (χ0n) is 6.47. The molecule has 0 unspecified atom stereocenters. The van der Waals surface area contributed by atoms with Gasteiger partial charge in [0.2, 0.25) is 0 Å². The van der Waals surface area contributed by atoms with Gasteiger partial charge >= 0.3 is 0 Å². The van der Waals surface area contributed by atoms with Gasteiger partial charge in [-0.3, -0.25) is 0 Å². The van der Waals surface area contributed by atoms with E-state index in [1.807, 2.05) is 18.0 Å². The molecule has 0 atom stereocenters. The van der Waals surface area contributed by atoms with Crippen molar-refractivity contribution in [2.45, 2.75) is 6.42 Å². The molecule has 0 aromatic heterocycles. The smallest absolute Gasteiger partial charge is 0.146 e. The van der Waals surface area contributed by atoms with Gasteiger partial charge in [0.1, 0.15) is 5.82 Å². The highest BCUT2D eigenvalue weighted by molar-refractivity contribution is 5.58. The first-order valence-corrected chi connectivity index (χ1v) is 3.77. The third-order valence-electron chi connectivity index (χ3n) is 2.17. The minimum atomic E-state index is -0.0949. The second kappa shape index (κ2) is 2.22. The van der Waals surface area contributed by atoms with E-state index in [0.29, 0.717) is 0 Å². The third kappa shape index (κ3) is 0.897. The molecule has 0 saturated carbocycles. The number of hydrogen-bond donors (Lipinski definition) is 0. The van der Waals surface area contributed by atoms with E-state index in [2.05, 4.69) is 0 Å². The van der Waals surface area contributed by atoms with E-state index in [1.165, 1.54) is 6.07 Å². The van der Waals surface area contributed by atoms with E-state index in [0.717, 1.165) is 24.2 Å². The molecule has 1 aromatic carbocycles. The predicted molar refractivity (Wildman–Crippen MR) is 43.4 cm³/mol. The first-order chi connectivity index (χ1) is 5.29. The van der Waals surface area contributed by atoms with E-state index in [9.17, 15) is 4.39 Å². The minimum Gasteiger partial charge on any atom is -0.372 e. The third-order valence-corrected chi connectivity index (χ3v) is 2.17. The normalized spacial score (nSPS) is 15.3. The van der Waals surface area contributed by atoms with Gasteiger partial charge in [0.25, 0.3) is 0 Å². The lowest BCUT2D eigenvalue weighted by Gasteiger charge is -2.11. The van der Waals surface area contributed by atoms with Crippen LogP contribution in [0.4, 0.5) is 10.1 Å². The summed E-state index contributed by atoms with van der Waals surface area (Å²) in [6.07, 6.45) is 0.976. The molecule has 2 rings (SSSR count). The van der Waals surface area contributed by atoms with Crippen LogP contribution in [0.3, 0.4) is 0 Å². The molecule has 0 bridgehead atoms. The Labute approximate surface area is 65.4 Å². The molecular formula is C9H10FN. The summed E-state index contributed by atoms with van der Waals surface area (Å²) >= 11 is 0. The van der Waals surface area contributed by atoms with Crippen molar-refractivity contribution in [2.75, 3.05) is 18.5 Å². The number of fused-ring (bicyclic) bond motifs is 1. The van der Waals surface area contributed by atoms with Gasteiger partial charge in [-0.25, -0.2) is 4.39 Å². The highest BCUT2D eigenvalue weighted by atomic mass is 19.1. The molecule has 1 aliphatic rings. The van der Waals surface area contributed by atoms with Crippen molar-refractivity contribution in [3.8, 4) is 0 Å². The van der Waals surface area contributed by atoms with Crippen LogP contribution < -0.4 is 4.90 Å². The Bertz CT molecular complexity index is 283. The molecule has 1 aromatic rings. The molecule has 0 radical (unpaired) electrons. The fourth-order valence-electron chi connectivity index (χ4n) is 1.59. The van der Waals surface area contributed by atoms with Crippen molar-refractivity contribution in [1.82, 2.24) is 0 Å². The quantitative estimate of drug-likeness (QED) is 0.546. The maximum absolute atomic E-state index is 13.1. The Morgan fingerprint density at radius 3 is 3.00 bits per heavy atom. The van der Waals surface area contributed by atoms with Gasteiger partial charge in [-0.15, -0.1) is 0 Å². The van der Waals surface area contributed by atoms with E-state index in [1.54, 1.807) is 6.07 Å². The summed E-state index contributed by atoms with van der Waals surface area (Å²) in [5.41, 5.74) is 1.92. The SMILES string of the molecule is CN1CCc2cccc(F)c21. The number of para-hydroxylation sites is 1. The van der Waals surface area contributed by atoms with Crippen LogP contribution in [0.1, 0.15) is 5.56 Å². The Balaban J connectivity index is 2.58. The average Bonchev–Trinajstić information content (AvgIpc) is 2.34. The first kappa shape index (κ1) is 6.65. The van der Waals surface area contributed by atoms with E-state index in [4.69, 9.17) is 0 Å². The number of rotatable bonds is 0. The molecule has 1 aliphatic heterocycles. The molecule has 0 aliphatic carbocycles. The second-order valence-corrected chi connectivity index (χ2v) is 2.92. The number of nitrogens with zero attached hydrogens (tertiary/aromatic N) is 1. The van der Waals surface area contributed by atoms with Gasteiger partial charge in [-0.2, -0.15) is 0 Å². The largest absolute Gasteiger partial charge is 0.372 e. The summed E-state index contributed by atoms with van der Waals surface area (Å²) in [6, 6.07) is 5.27. The molecule has 0 saturated heterocycles. The topological polar surface area (TPSA) is 3.24 Å². The molecule has 2 heteroatoms. The molecule has 0 N–H and O–H groups in total. The second-order valence-electron chi connectivity index (χ2n) is 2.92. The van der Waals surface area contributed by atoms with Crippen LogP contribution in [0.25, 0.3) is 0 Å². The zero-order chi connectivity index (χ0) is 7.84. The van der Waals surface area contributed by atoms with E-state index in [-0.39, 0.29) is 5.82 Å². The van der Waals surface area contributed by atoms with Crippen LogP contribution in [-0.4, -0.2) is 13.6 Å². The maximum atomic E-state index is 13.1. The summed E-state index contributed by atoms with van der Waals surface area (Å²) in [5.74, 6) is -0.0949. The molecule has 1 nitrogen and oxygen atoms in total. The van der Waals surface area contributed by atoms with Crippen molar-refractivity contribution >= 4 is 5.69 Å². The monoisotopic (exact) mass is 151 g/mol. The van der Waals surface area contributed by atoms with Crippen LogP contribution in [0.15, 0.2) is 18.2 Å². The number of likely N-dealkylation sites (N-methyl/N-ethyl adjacent to an activating group) is 1. The number of benzene rings is 1. The summed E-state index contributed by atoms with van der Waals surface area (Å²) < 4.78 is 13.1. The van der Waals surface area contributed by atoms with Crippen molar-refractivity contribution in [3.05, 3.63) is 29.6 Å². The lowest BCUT2D eigenvalue weighted by atomic mass is 10.2. The fraction of sp³-hybridized carbons (Fsp3) is 0.333. The Morgan fingerprint density at radius 1 is 1.45 bits per heavy atom. The molecule has 0 spiro atoms. The van der Waals surface area contributed by atoms with E-state index >= 15 is 0 Å². The van der Waals surface area contributed by atoms with Crippen LogP contribution in [-0.2, 0) is 6.42 Å². The van der Waals surface area contributed by atoms with Gasteiger partial charge in [0.15, 0.2) is 0 Å². The summed E-state index contributed by atoms with van der Waals surface area (Å²) in [7, 11) is 1.93. The molecule has 0 amide bonds. The average molecular weight is 151 g/mol. The maximum Gasteiger partial charge on any atom is 0.146 e. The van der Waals surface area contributed by atoms with Gasteiger partial charge in [0, 0.05) is 13.6 Å². The highest BCUT2D eigenvalue weighted by Gasteiger charge is 2.18. The van der Waals surface area contributed by atoms with Crippen LogP contribution in [0.2, 0.25) is 0 Å². The zero-order valence-corrected chi connectivity index (χ0v) is 6.47. The van der Waals surface area contributed by atoms with Crippen LogP contribution in [0.5, 0.6) is 0 Å². The van der Waals surface area contributed by atoms with Gasteiger partial charge in [-0.05, 0) is 18.1 Å². The molecule has 1 heterocycles. The summed E-state index contributed by atoms with van der Waals surface area (Å²) in [5, 5.41) is 0.